The summed E-state index contributed by atoms with van der Waals surface area (Å²) >= 11 is 0. The lowest BCUT2D eigenvalue weighted by molar-refractivity contribution is -0.143. The molecule has 2 aromatic heterocycles. The summed E-state index contributed by atoms with van der Waals surface area (Å²) in [6.45, 7) is 6.89. The topological polar surface area (TPSA) is 46.9 Å². The number of carbonyl (C=O) groups is 1. The van der Waals surface area contributed by atoms with Crippen LogP contribution in [0, 0.1) is 24.0 Å². The summed E-state index contributed by atoms with van der Waals surface area (Å²) in [5, 5.41) is 2.65. The zero-order valence-corrected chi connectivity index (χ0v) is 17.5. The quantitative estimate of drug-likeness (QED) is 0.502. The van der Waals surface area contributed by atoms with Gasteiger partial charge in [-0.15, -0.1) is 0 Å². The molecule has 166 valence electrons. The maximum absolute atomic E-state index is 13.7. The summed E-state index contributed by atoms with van der Waals surface area (Å²) in [5.41, 5.74) is -0.606. The summed E-state index contributed by atoms with van der Waals surface area (Å²) in [6, 6.07) is 4.96. The van der Waals surface area contributed by atoms with Gasteiger partial charge in [0, 0.05) is 19.0 Å². The van der Waals surface area contributed by atoms with Crippen LogP contribution in [-0.2, 0) is 17.5 Å². The Hall–Kier alpha value is -2.97. The van der Waals surface area contributed by atoms with Gasteiger partial charge in [0.1, 0.15) is 23.1 Å². The second kappa shape index (κ2) is 7.94. The number of rotatable bonds is 4. The van der Waals surface area contributed by atoms with Crippen molar-refractivity contribution in [1.82, 2.24) is 9.55 Å². The number of hydrogen-bond acceptors (Lipinski definition) is 2. The molecule has 1 N–H and O–H groups in total. The van der Waals surface area contributed by atoms with E-state index in [1.807, 2.05) is 20.8 Å². The number of amides is 1. The molecule has 31 heavy (non-hydrogen) atoms. The number of fused-ring (bicyclic) bond motifs is 1. The molecule has 0 aliphatic rings. The molecule has 0 aliphatic carbocycles. The van der Waals surface area contributed by atoms with E-state index in [0.717, 1.165) is 22.8 Å². The first-order chi connectivity index (χ1) is 14.2. The van der Waals surface area contributed by atoms with Crippen LogP contribution in [0.5, 0.6) is 0 Å². The van der Waals surface area contributed by atoms with Gasteiger partial charge in [-0.2, -0.15) is 13.2 Å². The number of aromatic nitrogens is 2. The molecule has 3 rings (SSSR count). The molecule has 0 unspecified atom stereocenters. The highest BCUT2D eigenvalue weighted by molar-refractivity contribution is 5.92. The smallest absolute Gasteiger partial charge is 0.331 e. The lowest BCUT2D eigenvalue weighted by Crippen LogP contribution is -2.20. The molecule has 9 heteroatoms. The SMILES string of the molecule is Cc1cc2c(cc(C(F)(F)F)n2Cc2cc(F)cc(F)c2)nc1NC(=O)CC(C)(C)C. The van der Waals surface area contributed by atoms with Crippen LogP contribution in [0.25, 0.3) is 11.0 Å². The molecule has 1 amide bonds. The van der Waals surface area contributed by atoms with Crippen LogP contribution < -0.4 is 5.32 Å². The minimum absolute atomic E-state index is 0.0147. The van der Waals surface area contributed by atoms with Crippen molar-refractivity contribution in [2.45, 2.75) is 46.8 Å². The van der Waals surface area contributed by atoms with Gasteiger partial charge in [-0.05, 0) is 47.7 Å². The van der Waals surface area contributed by atoms with Gasteiger partial charge in [-0.3, -0.25) is 4.79 Å². The first-order valence-electron chi connectivity index (χ1n) is 9.56. The summed E-state index contributed by atoms with van der Waals surface area (Å²) in [4.78, 5) is 16.5. The minimum atomic E-state index is -4.71. The second-order valence-corrected chi connectivity index (χ2v) is 8.74. The number of aryl methyl sites for hydroxylation is 1. The largest absolute Gasteiger partial charge is 0.431 e. The highest BCUT2D eigenvalue weighted by atomic mass is 19.4. The molecule has 0 aliphatic heterocycles. The van der Waals surface area contributed by atoms with Crippen molar-refractivity contribution < 1.29 is 26.7 Å². The van der Waals surface area contributed by atoms with Crippen molar-refractivity contribution in [3.63, 3.8) is 0 Å². The van der Waals surface area contributed by atoms with E-state index in [4.69, 9.17) is 0 Å². The van der Waals surface area contributed by atoms with Crippen LogP contribution in [0.2, 0.25) is 0 Å². The van der Waals surface area contributed by atoms with E-state index in [9.17, 15) is 26.7 Å². The van der Waals surface area contributed by atoms with Crippen molar-refractivity contribution in [2.75, 3.05) is 5.32 Å². The molecular weight excluding hydrogens is 417 g/mol. The standard InChI is InChI=1S/C22H22F5N3O/c1-12-5-17-16(28-20(12)29-19(31)10-21(2,3)4)9-18(22(25,26)27)30(17)11-13-6-14(23)8-15(24)7-13/h5-9H,10-11H2,1-4H3,(H,28,29,31). The predicted octanol–water partition coefficient (Wildman–Crippen LogP) is 6.06. The number of halogens is 5. The molecule has 0 saturated carbocycles. The van der Waals surface area contributed by atoms with Gasteiger partial charge in [-0.1, -0.05) is 20.8 Å². The Bertz CT molecular complexity index is 1120. The van der Waals surface area contributed by atoms with E-state index >= 15 is 0 Å². The summed E-state index contributed by atoms with van der Waals surface area (Å²) in [5.74, 6) is -1.88. The Morgan fingerprint density at radius 3 is 2.19 bits per heavy atom. The third-order valence-electron chi connectivity index (χ3n) is 4.58. The van der Waals surface area contributed by atoms with E-state index in [2.05, 4.69) is 10.3 Å². The normalized spacial score (nSPS) is 12.4. The van der Waals surface area contributed by atoms with Crippen molar-refractivity contribution in [2.24, 2.45) is 5.41 Å². The minimum Gasteiger partial charge on any atom is -0.331 e. The molecule has 0 bridgehead atoms. The van der Waals surface area contributed by atoms with Crippen molar-refractivity contribution in [1.29, 1.82) is 0 Å². The van der Waals surface area contributed by atoms with Crippen LogP contribution in [0.1, 0.15) is 44.0 Å². The Labute approximate surface area is 176 Å². The first-order valence-corrected chi connectivity index (χ1v) is 9.56. The average Bonchev–Trinajstić information content (AvgIpc) is 2.90. The van der Waals surface area contributed by atoms with Gasteiger partial charge in [0.15, 0.2) is 0 Å². The number of alkyl halides is 3. The lowest BCUT2D eigenvalue weighted by Gasteiger charge is -2.17. The Morgan fingerprint density at radius 2 is 1.65 bits per heavy atom. The van der Waals surface area contributed by atoms with Gasteiger partial charge < -0.3 is 9.88 Å². The molecule has 0 fully saturated rings. The number of nitrogens with one attached hydrogen (secondary N) is 1. The summed E-state index contributed by atoms with van der Waals surface area (Å²) in [7, 11) is 0. The number of hydrogen-bond donors (Lipinski definition) is 1. The van der Waals surface area contributed by atoms with Gasteiger partial charge in [-0.25, -0.2) is 13.8 Å². The Kier molecular flexibility index (Phi) is 5.82. The van der Waals surface area contributed by atoms with Gasteiger partial charge in [0.2, 0.25) is 5.91 Å². The van der Waals surface area contributed by atoms with Gasteiger partial charge in [0.05, 0.1) is 11.0 Å². The highest BCUT2D eigenvalue weighted by Crippen LogP contribution is 2.35. The van der Waals surface area contributed by atoms with Crippen LogP contribution in [0.3, 0.4) is 0 Å². The zero-order valence-electron chi connectivity index (χ0n) is 17.5. The molecule has 4 nitrogen and oxygen atoms in total. The maximum Gasteiger partial charge on any atom is 0.431 e. The number of anilines is 1. The van der Waals surface area contributed by atoms with E-state index in [-0.39, 0.29) is 40.2 Å². The molecule has 1 aromatic carbocycles. The third-order valence-corrected chi connectivity index (χ3v) is 4.58. The van der Waals surface area contributed by atoms with Crippen molar-refractivity contribution in [3.8, 4) is 0 Å². The van der Waals surface area contributed by atoms with E-state index in [1.54, 1.807) is 6.92 Å². The molecular formula is C22H22F5N3O. The number of pyridine rings is 1. The van der Waals surface area contributed by atoms with Crippen LogP contribution >= 0.6 is 0 Å². The monoisotopic (exact) mass is 439 g/mol. The highest BCUT2D eigenvalue weighted by Gasteiger charge is 2.36. The van der Waals surface area contributed by atoms with Gasteiger partial charge >= 0.3 is 6.18 Å². The Balaban J connectivity index is 2.07. The average molecular weight is 439 g/mol. The fraction of sp³-hybridized carbons (Fsp3) is 0.364. The molecule has 0 saturated heterocycles. The van der Waals surface area contributed by atoms with Crippen LogP contribution in [-0.4, -0.2) is 15.5 Å². The maximum atomic E-state index is 13.7. The first kappa shape index (κ1) is 22.7. The fourth-order valence-electron chi connectivity index (χ4n) is 3.35. The third kappa shape index (κ3) is 5.39. The fourth-order valence-corrected chi connectivity index (χ4v) is 3.35. The molecule has 0 spiro atoms. The lowest BCUT2D eigenvalue weighted by atomic mass is 9.92. The zero-order chi connectivity index (χ0) is 23.1. The van der Waals surface area contributed by atoms with E-state index in [0.29, 0.717) is 11.6 Å². The van der Waals surface area contributed by atoms with Crippen LogP contribution in [0.4, 0.5) is 27.8 Å². The van der Waals surface area contributed by atoms with Crippen LogP contribution in [0.15, 0.2) is 30.3 Å². The Morgan fingerprint density at radius 1 is 1.03 bits per heavy atom. The molecule has 2 heterocycles. The molecule has 3 aromatic rings. The predicted molar refractivity (Wildman–Crippen MR) is 108 cm³/mol. The molecule has 0 atom stereocenters. The number of carbonyl (C=O) groups excluding carboxylic acids is 1. The van der Waals surface area contributed by atoms with E-state index in [1.165, 1.54) is 6.07 Å². The van der Waals surface area contributed by atoms with Crippen molar-refractivity contribution in [3.05, 3.63) is 58.8 Å². The number of benzene rings is 1. The van der Waals surface area contributed by atoms with E-state index < -0.39 is 30.0 Å². The van der Waals surface area contributed by atoms with Gasteiger partial charge in [0.25, 0.3) is 0 Å². The summed E-state index contributed by atoms with van der Waals surface area (Å²) in [6.07, 6.45) is -4.50. The second-order valence-electron chi connectivity index (χ2n) is 8.74. The van der Waals surface area contributed by atoms with Crippen molar-refractivity contribution >= 4 is 22.8 Å². The molecule has 0 radical (unpaired) electrons. The number of nitrogens with zero attached hydrogens (tertiary/aromatic N) is 2. The summed E-state index contributed by atoms with van der Waals surface area (Å²) < 4.78 is 69.0.